The molecule has 1 aromatic carbocycles. The third-order valence-corrected chi connectivity index (χ3v) is 2.72. The van der Waals surface area contributed by atoms with Crippen LogP contribution in [-0.2, 0) is 4.79 Å². The number of hydrogen-bond acceptors (Lipinski definition) is 4. The lowest BCUT2D eigenvalue weighted by Crippen LogP contribution is -2.46. The zero-order chi connectivity index (χ0) is 16.0. The van der Waals surface area contributed by atoms with Gasteiger partial charge >= 0.3 is 0 Å². The molecule has 21 heavy (non-hydrogen) atoms. The molecular formula is C14H20N4O3. The SMILES string of the molecule is CC(C)NC(=O)C(C)NC(=O)c1ccc(/C(N)=N/O)cc1. The van der Waals surface area contributed by atoms with Crippen LogP contribution in [0.2, 0.25) is 0 Å². The Labute approximate surface area is 123 Å². The first-order chi connectivity index (χ1) is 9.85. The quantitative estimate of drug-likeness (QED) is 0.272. The fraction of sp³-hybridized carbons (Fsp3) is 0.357. The number of oxime groups is 1. The van der Waals surface area contributed by atoms with Gasteiger partial charge in [0.15, 0.2) is 5.84 Å². The predicted octanol–water partition coefficient (Wildman–Crippen LogP) is 0.424. The van der Waals surface area contributed by atoms with Crippen molar-refractivity contribution in [2.24, 2.45) is 10.9 Å². The molecule has 1 aromatic rings. The highest BCUT2D eigenvalue weighted by Gasteiger charge is 2.17. The van der Waals surface area contributed by atoms with Crippen molar-refractivity contribution in [1.82, 2.24) is 10.6 Å². The minimum atomic E-state index is -0.636. The van der Waals surface area contributed by atoms with Gasteiger partial charge in [-0.3, -0.25) is 9.59 Å². The van der Waals surface area contributed by atoms with Gasteiger partial charge < -0.3 is 21.6 Å². The van der Waals surface area contributed by atoms with Crippen molar-refractivity contribution in [3.63, 3.8) is 0 Å². The average molecular weight is 292 g/mol. The highest BCUT2D eigenvalue weighted by atomic mass is 16.4. The number of amides is 2. The zero-order valence-corrected chi connectivity index (χ0v) is 12.3. The summed E-state index contributed by atoms with van der Waals surface area (Å²) in [6.45, 7) is 5.30. The molecule has 0 aliphatic rings. The average Bonchev–Trinajstić information content (AvgIpc) is 2.45. The fourth-order valence-corrected chi connectivity index (χ4v) is 1.61. The van der Waals surface area contributed by atoms with E-state index in [1.807, 2.05) is 13.8 Å². The summed E-state index contributed by atoms with van der Waals surface area (Å²) < 4.78 is 0. The van der Waals surface area contributed by atoms with Crippen LogP contribution in [0, 0.1) is 0 Å². The maximum absolute atomic E-state index is 12.0. The summed E-state index contributed by atoms with van der Waals surface area (Å²) in [5.74, 6) is -0.647. The van der Waals surface area contributed by atoms with Gasteiger partial charge in [-0.05, 0) is 32.9 Å². The topological polar surface area (TPSA) is 117 Å². The van der Waals surface area contributed by atoms with Crippen molar-refractivity contribution in [2.45, 2.75) is 32.9 Å². The van der Waals surface area contributed by atoms with Gasteiger partial charge in [-0.25, -0.2) is 0 Å². The van der Waals surface area contributed by atoms with Crippen LogP contribution in [0.3, 0.4) is 0 Å². The molecule has 0 saturated heterocycles. The first-order valence-corrected chi connectivity index (χ1v) is 6.54. The molecule has 1 atom stereocenters. The molecule has 0 aromatic heterocycles. The van der Waals surface area contributed by atoms with E-state index in [0.717, 1.165) is 0 Å². The molecule has 1 rings (SSSR count). The summed E-state index contributed by atoms with van der Waals surface area (Å²) >= 11 is 0. The van der Waals surface area contributed by atoms with E-state index in [9.17, 15) is 9.59 Å². The summed E-state index contributed by atoms with van der Waals surface area (Å²) in [6.07, 6.45) is 0. The van der Waals surface area contributed by atoms with E-state index in [2.05, 4.69) is 15.8 Å². The van der Waals surface area contributed by atoms with Crippen molar-refractivity contribution in [3.05, 3.63) is 35.4 Å². The molecule has 7 nitrogen and oxygen atoms in total. The Morgan fingerprint density at radius 1 is 1.10 bits per heavy atom. The molecule has 0 heterocycles. The van der Waals surface area contributed by atoms with Crippen LogP contribution in [-0.4, -0.2) is 34.9 Å². The van der Waals surface area contributed by atoms with Gasteiger partial charge in [0, 0.05) is 17.2 Å². The van der Waals surface area contributed by atoms with Gasteiger partial charge in [-0.2, -0.15) is 0 Å². The second kappa shape index (κ2) is 7.28. The largest absolute Gasteiger partial charge is 0.409 e. The van der Waals surface area contributed by atoms with Crippen molar-refractivity contribution in [1.29, 1.82) is 0 Å². The summed E-state index contributed by atoms with van der Waals surface area (Å²) in [6, 6.07) is 5.57. The minimum Gasteiger partial charge on any atom is -0.409 e. The van der Waals surface area contributed by atoms with E-state index >= 15 is 0 Å². The minimum absolute atomic E-state index is 0.0110. The molecule has 0 saturated carbocycles. The van der Waals surface area contributed by atoms with E-state index in [4.69, 9.17) is 10.9 Å². The first kappa shape index (κ1) is 16.5. The smallest absolute Gasteiger partial charge is 0.251 e. The van der Waals surface area contributed by atoms with Gasteiger partial charge in [0.05, 0.1) is 0 Å². The summed E-state index contributed by atoms with van der Waals surface area (Å²) in [4.78, 5) is 23.7. The molecule has 5 N–H and O–H groups in total. The van der Waals surface area contributed by atoms with Crippen molar-refractivity contribution >= 4 is 17.6 Å². The molecule has 7 heteroatoms. The molecular weight excluding hydrogens is 272 g/mol. The van der Waals surface area contributed by atoms with E-state index in [-0.39, 0.29) is 23.7 Å². The second-order valence-corrected chi connectivity index (χ2v) is 4.92. The zero-order valence-electron chi connectivity index (χ0n) is 12.3. The maximum Gasteiger partial charge on any atom is 0.251 e. The Kier molecular flexibility index (Phi) is 5.71. The maximum atomic E-state index is 12.0. The van der Waals surface area contributed by atoms with Gasteiger partial charge in [0.25, 0.3) is 5.91 Å². The Balaban J connectivity index is 2.69. The lowest BCUT2D eigenvalue weighted by Gasteiger charge is -2.16. The predicted molar refractivity (Wildman–Crippen MR) is 79.2 cm³/mol. The van der Waals surface area contributed by atoms with Crippen molar-refractivity contribution in [3.8, 4) is 0 Å². The Morgan fingerprint density at radius 2 is 1.62 bits per heavy atom. The van der Waals surface area contributed by atoms with Crippen molar-refractivity contribution in [2.75, 3.05) is 0 Å². The number of nitrogens with two attached hydrogens (primary N) is 1. The van der Waals surface area contributed by atoms with Crippen LogP contribution in [0.5, 0.6) is 0 Å². The van der Waals surface area contributed by atoms with Crippen LogP contribution in [0.15, 0.2) is 29.4 Å². The van der Waals surface area contributed by atoms with Gasteiger partial charge in [0.2, 0.25) is 5.91 Å². The summed E-state index contributed by atoms with van der Waals surface area (Å²) in [7, 11) is 0. The Hall–Kier alpha value is -2.57. The normalized spacial score (nSPS) is 12.9. The number of benzene rings is 1. The monoisotopic (exact) mass is 292 g/mol. The van der Waals surface area contributed by atoms with E-state index in [1.54, 1.807) is 19.1 Å². The number of carbonyl (C=O) groups is 2. The number of nitrogens with zero attached hydrogens (tertiary/aromatic N) is 1. The number of carbonyl (C=O) groups excluding carboxylic acids is 2. The number of rotatable bonds is 5. The molecule has 0 fully saturated rings. The van der Waals surface area contributed by atoms with Gasteiger partial charge in [0.1, 0.15) is 6.04 Å². The molecule has 114 valence electrons. The Bertz CT molecular complexity index is 538. The third kappa shape index (κ3) is 4.79. The molecule has 2 amide bonds. The van der Waals surface area contributed by atoms with Crippen LogP contribution in [0.4, 0.5) is 0 Å². The molecule has 0 bridgehead atoms. The third-order valence-electron chi connectivity index (χ3n) is 2.72. The van der Waals surface area contributed by atoms with Crippen LogP contribution >= 0.6 is 0 Å². The van der Waals surface area contributed by atoms with E-state index in [1.165, 1.54) is 12.1 Å². The van der Waals surface area contributed by atoms with E-state index < -0.39 is 6.04 Å². The summed E-state index contributed by atoms with van der Waals surface area (Å²) in [5, 5.41) is 16.8. The molecule has 1 unspecified atom stereocenters. The van der Waals surface area contributed by atoms with Crippen molar-refractivity contribution < 1.29 is 14.8 Å². The number of nitrogens with one attached hydrogen (secondary N) is 2. The first-order valence-electron chi connectivity index (χ1n) is 6.54. The molecule has 0 radical (unpaired) electrons. The lowest BCUT2D eigenvalue weighted by atomic mass is 10.1. The highest BCUT2D eigenvalue weighted by molar-refractivity contribution is 6.00. The second-order valence-electron chi connectivity index (χ2n) is 4.92. The Morgan fingerprint density at radius 3 is 2.10 bits per heavy atom. The van der Waals surface area contributed by atoms with Crippen LogP contribution in [0.25, 0.3) is 0 Å². The highest BCUT2D eigenvalue weighted by Crippen LogP contribution is 2.04. The molecule has 0 spiro atoms. The number of amidine groups is 1. The van der Waals surface area contributed by atoms with E-state index in [0.29, 0.717) is 11.1 Å². The van der Waals surface area contributed by atoms with Crippen LogP contribution in [0.1, 0.15) is 36.7 Å². The van der Waals surface area contributed by atoms with Crippen LogP contribution < -0.4 is 16.4 Å². The standard InChI is InChI=1S/C14H20N4O3/c1-8(2)16-13(19)9(3)17-14(20)11-6-4-10(5-7-11)12(15)18-21/h4-9,21H,1-3H3,(H2,15,18)(H,16,19)(H,17,20). The van der Waals surface area contributed by atoms with Gasteiger partial charge in [-0.1, -0.05) is 17.3 Å². The lowest BCUT2D eigenvalue weighted by molar-refractivity contribution is -0.123. The fourth-order valence-electron chi connectivity index (χ4n) is 1.61. The summed E-state index contributed by atoms with van der Waals surface area (Å²) in [5.41, 5.74) is 6.32. The van der Waals surface area contributed by atoms with Gasteiger partial charge in [-0.15, -0.1) is 0 Å². The molecule has 0 aliphatic heterocycles. The molecule has 0 aliphatic carbocycles. The number of hydrogen-bond donors (Lipinski definition) is 4.